The van der Waals surface area contributed by atoms with Crippen molar-refractivity contribution in [3.05, 3.63) is 58.9 Å². The lowest BCUT2D eigenvalue weighted by Crippen LogP contribution is -2.07. The molecule has 1 aromatic carbocycles. The number of benzene rings is 1. The van der Waals surface area contributed by atoms with Crippen molar-refractivity contribution in [3.63, 3.8) is 0 Å². The maximum absolute atomic E-state index is 10.4. The molecule has 3 aliphatic rings. The number of hydrogen-bond acceptors (Lipinski definition) is 2. The van der Waals surface area contributed by atoms with Gasteiger partial charge in [-0.1, -0.05) is 29.8 Å². The van der Waals surface area contributed by atoms with Crippen LogP contribution in [-0.4, -0.2) is 10.2 Å². The van der Waals surface area contributed by atoms with Crippen molar-refractivity contribution in [1.82, 2.24) is 0 Å². The molecule has 2 bridgehead atoms. The van der Waals surface area contributed by atoms with E-state index in [0.717, 1.165) is 23.5 Å². The molecule has 2 atom stereocenters. The smallest absolute Gasteiger partial charge is 0.123 e. The second-order valence-corrected chi connectivity index (χ2v) is 6.47. The van der Waals surface area contributed by atoms with Gasteiger partial charge in [-0.05, 0) is 61.7 Å². The number of fused-ring (bicyclic) bond motifs is 2. The molecule has 2 unspecified atom stereocenters. The number of aliphatic hydroxyl groups is 1. The lowest BCUT2D eigenvalue weighted by molar-refractivity contribution is 0.431. The van der Waals surface area contributed by atoms with Gasteiger partial charge in [-0.3, -0.25) is 0 Å². The fraction of sp³-hybridized carbons (Fsp3) is 0.368. The molecule has 4 rings (SSSR count). The van der Waals surface area contributed by atoms with Crippen molar-refractivity contribution in [2.24, 2.45) is 11.8 Å². The molecule has 3 aliphatic carbocycles. The van der Waals surface area contributed by atoms with Crippen LogP contribution in [0.5, 0.6) is 5.75 Å². The quantitative estimate of drug-likeness (QED) is 0.780. The van der Waals surface area contributed by atoms with E-state index in [-0.39, 0.29) is 11.5 Å². The largest absolute Gasteiger partial charge is 0.507 e. The molecule has 2 saturated carbocycles. The molecule has 0 heterocycles. The summed E-state index contributed by atoms with van der Waals surface area (Å²) in [6.07, 6.45) is 9.81. The van der Waals surface area contributed by atoms with E-state index >= 15 is 0 Å². The molecule has 108 valence electrons. The highest BCUT2D eigenvalue weighted by Crippen LogP contribution is 2.52. The molecular formula is C19H20O2. The minimum atomic E-state index is 0.246. The van der Waals surface area contributed by atoms with Gasteiger partial charge in [-0.15, -0.1) is 0 Å². The topological polar surface area (TPSA) is 40.5 Å². The molecule has 1 aromatic rings. The Morgan fingerprint density at radius 3 is 2.62 bits per heavy atom. The van der Waals surface area contributed by atoms with Gasteiger partial charge in [0.2, 0.25) is 0 Å². The number of allylic oxidation sites excluding steroid dienone is 5. The summed E-state index contributed by atoms with van der Waals surface area (Å²) in [6.45, 7) is 0. The SMILES string of the molecule is OC1=C(c2ccccc2O)C(=C2CC3CCC2C3)CC=C1. The normalized spacial score (nSPS) is 31.2. The lowest BCUT2D eigenvalue weighted by atomic mass is 9.82. The molecule has 2 heteroatoms. The number of aromatic hydroxyl groups is 1. The van der Waals surface area contributed by atoms with Crippen LogP contribution in [0.25, 0.3) is 5.57 Å². The number of rotatable bonds is 1. The van der Waals surface area contributed by atoms with Gasteiger partial charge < -0.3 is 10.2 Å². The minimum absolute atomic E-state index is 0.246. The van der Waals surface area contributed by atoms with E-state index in [4.69, 9.17) is 0 Å². The highest BCUT2D eigenvalue weighted by Gasteiger charge is 2.38. The van der Waals surface area contributed by atoms with Gasteiger partial charge in [-0.2, -0.15) is 0 Å². The van der Waals surface area contributed by atoms with Gasteiger partial charge in [0.15, 0.2) is 0 Å². The second kappa shape index (κ2) is 4.80. The Kier molecular flexibility index (Phi) is 2.91. The zero-order valence-electron chi connectivity index (χ0n) is 12.0. The third-order valence-corrected chi connectivity index (χ3v) is 5.26. The van der Waals surface area contributed by atoms with Crippen molar-refractivity contribution in [1.29, 1.82) is 0 Å². The van der Waals surface area contributed by atoms with E-state index < -0.39 is 0 Å². The van der Waals surface area contributed by atoms with Gasteiger partial charge in [0.25, 0.3) is 0 Å². The highest BCUT2D eigenvalue weighted by molar-refractivity contribution is 5.86. The molecule has 2 nitrogen and oxygen atoms in total. The third kappa shape index (κ3) is 2.01. The minimum Gasteiger partial charge on any atom is -0.507 e. The van der Waals surface area contributed by atoms with Crippen LogP contribution in [0, 0.1) is 11.8 Å². The molecule has 0 saturated heterocycles. The summed E-state index contributed by atoms with van der Waals surface area (Å²) in [5, 5.41) is 20.6. The highest BCUT2D eigenvalue weighted by atomic mass is 16.3. The molecule has 0 aliphatic heterocycles. The van der Waals surface area contributed by atoms with Crippen molar-refractivity contribution in [2.75, 3.05) is 0 Å². The molecule has 0 radical (unpaired) electrons. The predicted octanol–water partition coefficient (Wildman–Crippen LogP) is 4.74. The number of phenolic OH excluding ortho intramolecular Hbond substituents is 1. The van der Waals surface area contributed by atoms with Crippen LogP contribution in [0.2, 0.25) is 0 Å². The van der Waals surface area contributed by atoms with E-state index in [2.05, 4.69) is 0 Å². The zero-order chi connectivity index (χ0) is 14.4. The number of aliphatic hydroxyl groups excluding tert-OH is 1. The number of hydrogen-bond donors (Lipinski definition) is 2. The van der Waals surface area contributed by atoms with Crippen LogP contribution >= 0.6 is 0 Å². The molecule has 21 heavy (non-hydrogen) atoms. The van der Waals surface area contributed by atoms with Gasteiger partial charge >= 0.3 is 0 Å². The van der Waals surface area contributed by atoms with Crippen LogP contribution in [0.1, 0.15) is 37.7 Å². The van der Waals surface area contributed by atoms with Crippen molar-refractivity contribution < 1.29 is 10.2 Å². The first-order valence-corrected chi connectivity index (χ1v) is 7.84. The number of phenols is 1. The van der Waals surface area contributed by atoms with E-state index in [1.54, 1.807) is 12.1 Å². The van der Waals surface area contributed by atoms with Crippen molar-refractivity contribution in [3.8, 4) is 5.75 Å². The van der Waals surface area contributed by atoms with Crippen molar-refractivity contribution >= 4 is 5.57 Å². The van der Waals surface area contributed by atoms with Crippen LogP contribution in [0.4, 0.5) is 0 Å². The second-order valence-electron chi connectivity index (χ2n) is 6.47. The first-order chi connectivity index (χ1) is 10.2. The predicted molar refractivity (Wildman–Crippen MR) is 83.9 cm³/mol. The average Bonchev–Trinajstić information content (AvgIpc) is 3.11. The van der Waals surface area contributed by atoms with Crippen LogP contribution in [-0.2, 0) is 0 Å². The molecule has 0 spiro atoms. The van der Waals surface area contributed by atoms with Gasteiger partial charge in [0, 0.05) is 11.1 Å². The summed E-state index contributed by atoms with van der Waals surface area (Å²) < 4.78 is 0. The summed E-state index contributed by atoms with van der Waals surface area (Å²) >= 11 is 0. The fourth-order valence-electron chi connectivity index (χ4n) is 4.33. The Hall–Kier alpha value is -1.96. The fourth-order valence-corrected chi connectivity index (χ4v) is 4.33. The maximum Gasteiger partial charge on any atom is 0.123 e. The van der Waals surface area contributed by atoms with Gasteiger partial charge in [0.05, 0.1) is 0 Å². The summed E-state index contributed by atoms with van der Waals surface area (Å²) in [5.41, 5.74) is 4.38. The molecule has 2 N–H and O–H groups in total. The van der Waals surface area contributed by atoms with Crippen LogP contribution in [0.15, 0.2) is 53.3 Å². The summed E-state index contributed by atoms with van der Waals surface area (Å²) in [7, 11) is 0. The monoisotopic (exact) mass is 280 g/mol. The van der Waals surface area contributed by atoms with Crippen LogP contribution < -0.4 is 0 Å². The van der Waals surface area contributed by atoms with E-state index in [1.165, 1.54) is 36.8 Å². The molecular weight excluding hydrogens is 260 g/mol. The maximum atomic E-state index is 10.4. The Labute approximate surface area is 125 Å². The van der Waals surface area contributed by atoms with Gasteiger partial charge in [0.1, 0.15) is 11.5 Å². The number of para-hydroxylation sites is 1. The van der Waals surface area contributed by atoms with E-state index in [1.807, 2.05) is 24.3 Å². The third-order valence-electron chi connectivity index (χ3n) is 5.26. The standard InChI is InChI=1S/C19H20O2/c20-17-6-2-1-4-15(17)19-14(5-3-7-18(19)21)16-11-12-8-9-13(16)10-12/h1-4,6-7,12-13,20-21H,5,8-11H2. The summed E-state index contributed by atoms with van der Waals surface area (Å²) in [4.78, 5) is 0. The Morgan fingerprint density at radius 1 is 1.05 bits per heavy atom. The Morgan fingerprint density at radius 2 is 1.90 bits per heavy atom. The first kappa shape index (κ1) is 12.8. The van der Waals surface area contributed by atoms with Crippen LogP contribution in [0.3, 0.4) is 0 Å². The molecule has 0 aromatic heterocycles. The van der Waals surface area contributed by atoms with Crippen molar-refractivity contribution in [2.45, 2.75) is 32.1 Å². The molecule has 0 amide bonds. The Balaban J connectivity index is 1.87. The average molecular weight is 280 g/mol. The molecule has 2 fully saturated rings. The summed E-state index contributed by atoms with van der Waals surface area (Å²) in [6, 6.07) is 7.32. The van der Waals surface area contributed by atoms with E-state index in [9.17, 15) is 10.2 Å². The zero-order valence-corrected chi connectivity index (χ0v) is 12.0. The van der Waals surface area contributed by atoms with Gasteiger partial charge in [-0.25, -0.2) is 0 Å². The van der Waals surface area contributed by atoms with E-state index in [0.29, 0.717) is 5.92 Å². The lowest BCUT2D eigenvalue weighted by Gasteiger charge is -2.24. The Bertz CT molecular complexity index is 679. The summed E-state index contributed by atoms with van der Waals surface area (Å²) in [5.74, 6) is 2.07. The first-order valence-electron chi connectivity index (χ1n) is 7.84.